The van der Waals surface area contributed by atoms with E-state index in [-0.39, 0.29) is 5.41 Å². The van der Waals surface area contributed by atoms with E-state index in [9.17, 15) is 0 Å². The van der Waals surface area contributed by atoms with E-state index in [4.69, 9.17) is 0 Å². The standard InChI is InChI=1S/C14H28N2/c1-8-13(16-10-15-7)14(5,6)9-12(4)11(2)3/h8,10-12H,9H2,1-7H3,(H,15,16)/b13-8-. The molecule has 1 atom stereocenters. The third-order valence-corrected chi connectivity index (χ3v) is 3.34. The van der Waals surface area contributed by atoms with E-state index in [0.717, 1.165) is 11.8 Å². The van der Waals surface area contributed by atoms with Crippen molar-refractivity contribution in [1.29, 1.82) is 0 Å². The van der Waals surface area contributed by atoms with Crippen LogP contribution in [0.5, 0.6) is 0 Å². The van der Waals surface area contributed by atoms with Crippen molar-refractivity contribution in [2.45, 2.75) is 48.0 Å². The Morgan fingerprint density at radius 3 is 2.25 bits per heavy atom. The molecule has 2 heteroatoms. The van der Waals surface area contributed by atoms with E-state index in [2.05, 4.69) is 57.9 Å². The fourth-order valence-corrected chi connectivity index (χ4v) is 1.95. The zero-order chi connectivity index (χ0) is 12.8. The van der Waals surface area contributed by atoms with Crippen LogP contribution in [0.25, 0.3) is 0 Å². The van der Waals surface area contributed by atoms with Crippen LogP contribution in [-0.2, 0) is 0 Å². The minimum atomic E-state index is 0.180. The van der Waals surface area contributed by atoms with E-state index >= 15 is 0 Å². The number of nitrogens with zero attached hydrogens (tertiary/aromatic N) is 1. The molecule has 0 aliphatic carbocycles. The molecule has 0 fully saturated rings. The maximum atomic E-state index is 3.97. The second kappa shape index (κ2) is 6.72. The largest absolute Gasteiger partial charge is 0.350 e. The van der Waals surface area contributed by atoms with E-state index in [1.807, 2.05) is 0 Å². The van der Waals surface area contributed by atoms with Crippen LogP contribution >= 0.6 is 0 Å². The Morgan fingerprint density at radius 1 is 1.31 bits per heavy atom. The molecule has 0 aromatic heterocycles. The molecule has 0 aliphatic rings. The number of aliphatic imine (C=N–C) groups is 1. The summed E-state index contributed by atoms with van der Waals surface area (Å²) >= 11 is 0. The Morgan fingerprint density at radius 2 is 1.88 bits per heavy atom. The van der Waals surface area contributed by atoms with E-state index in [1.165, 1.54) is 12.1 Å². The van der Waals surface area contributed by atoms with Gasteiger partial charge in [-0.2, -0.15) is 0 Å². The summed E-state index contributed by atoms with van der Waals surface area (Å²) in [5, 5.41) is 3.27. The number of hydrogen-bond acceptors (Lipinski definition) is 1. The van der Waals surface area contributed by atoms with E-state index in [0.29, 0.717) is 0 Å². The van der Waals surface area contributed by atoms with Crippen LogP contribution in [-0.4, -0.2) is 13.4 Å². The van der Waals surface area contributed by atoms with Gasteiger partial charge in [0.25, 0.3) is 0 Å². The molecule has 1 unspecified atom stereocenters. The second-order valence-corrected chi connectivity index (χ2v) is 5.54. The van der Waals surface area contributed by atoms with Gasteiger partial charge in [-0.05, 0) is 25.2 Å². The van der Waals surface area contributed by atoms with Gasteiger partial charge in [-0.15, -0.1) is 0 Å². The number of nitrogens with one attached hydrogen (secondary N) is 1. The first kappa shape index (κ1) is 15.2. The molecule has 0 saturated heterocycles. The van der Waals surface area contributed by atoms with Gasteiger partial charge in [0, 0.05) is 18.2 Å². The molecule has 16 heavy (non-hydrogen) atoms. The first-order valence-corrected chi connectivity index (χ1v) is 6.19. The third kappa shape index (κ3) is 4.82. The summed E-state index contributed by atoms with van der Waals surface area (Å²) in [7, 11) is 1.78. The SMILES string of the molecule is C/C=C(\NC=NC)C(C)(C)CC(C)C(C)C. The molecule has 0 aliphatic heterocycles. The van der Waals surface area contributed by atoms with Crippen LogP contribution in [0.1, 0.15) is 48.0 Å². The smallest absolute Gasteiger partial charge is 0.0862 e. The lowest BCUT2D eigenvalue weighted by atomic mass is 9.77. The number of hydrogen-bond donors (Lipinski definition) is 1. The maximum absolute atomic E-state index is 3.97. The normalized spacial score (nSPS) is 15.9. The highest BCUT2D eigenvalue weighted by molar-refractivity contribution is 5.57. The molecule has 0 saturated carbocycles. The molecule has 2 nitrogen and oxygen atoms in total. The van der Waals surface area contributed by atoms with Gasteiger partial charge in [0.15, 0.2) is 0 Å². The zero-order valence-electron chi connectivity index (χ0n) is 12.0. The minimum Gasteiger partial charge on any atom is -0.350 e. The Hall–Kier alpha value is -0.790. The maximum Gasteiger partial charge on any atom is 0.0862 e. The van der Waals surface area contributed by atoms with Gasteiger partial charge in [0.05, 0.1) is 6.34 Å². The van der Waals surface area contributed by atoms with Gasteiger partial charge in [-0.1, -0.05) is 40.7 Å². The summed E-state index contributed by atoms with van der Waals surface area (Å²) in [5.41, 5.74) is 1.44. The fourth-order valence-electron chi connectivity index (χ4n) is 1.95. The quantitative estimate of drug-likeness (QED) is 0.538. The predicted octanol–water partition coefficient (Wildman–Crippen LogP) is 3.85. The van der Waals surface area contributed by atoms with Gasteiger partial charge in [0.1, 0.15) is 0 Å². The van der Waals surface area contributed by atoms with Crippen molar-refractivity contribution >= 4 is 6.34 Å². The van der Waals surface area contributed by atoms with Crippen LogP contribution < -0.4 is 5.32 Å². The lowest BCUT2D eigenvalue weighted by molar-refractivity contribution is 0.270. The first-order valence-electron chi connectivity index (χ1n) is 6.19. The van der Waals surface area contributed by atoms with Gasteiger partial charge < -0.3 is 5.32 Å². The van der Waals surface area contributed by atoms with Crippen molar-refractivity contribution in [3.05, 3.63) is 11.8 Å². The Kier molecular flexibility index (Phi) is 6.39. The van der Waals surface area contributed by atoms with Crippen LogP contribution in [0.2, 0.25) is 0 Å². The fraction of sp³-hybridized carbons (Fsp3) is 0.786. The van der Waals surface area contributed by atoms with Crippen molar-refractivity contribution in [3.63, 3.8) is 0 Å². The minimum absolute atomic E-state index is 0.180. The van der Waals surface area contributed by atoms with Crippen LogP contribution in [0, 0.1) is 17.3 Å². The molecule has 1 N–H and O–H groups in total. The molecule has 0 heterocycles. The average Bonchev–Trinajstić information content (AvgIpc) is 2.17. The zero-order valence-corrected chi connectivity index (χ0v) is 12.0. The summed E-state index contributed by atoms with van der Waals surface area (Å²) in [4.78, 5) is 3.97. The van der Waals surface area contributed by atoms with Crippen molar-refractivity contribution < 1.29 is 0 Å². The highest BCUT2D eigenvalue weighted by Crippen LogP contribution is 2.34. The summed E-state index contributed by atoms with van der Waals surface area (Å²) in [6.45, 7) is 13.6. The Labute approximate surface area is 101 Å². The summed E-state index contributed by atoms with van der Waals surface area (Å²) in [6, 6.07) is 0. The highest BCUT2D eigenvalue weighted by Gasteiger charge is 2.26. The van der Waals surface area contributed by atoms with Crippen molar-refractivity contribution in [1.82, 2.24) is 5.32 Å². The summed E-state index contributed by atoms with van der Waals surface area (Å²) < 4.78 is 0. The van der Waals surface area contributed by atoms with Gasteiger partial charge in [0.2, 0.25) is 0 Å². The number of rotatable bonds is 6. The van der Waals surface area contributed by atoms with Gasteiger partial charge >= 0.3 is 0 Å². The van der Waals surface area contributed by atoms with Crippen molar-refractivity contribution in [2.75, 3.05) is 7.05 Å². The van der Waals surface area contributed by atoms with E-state index in [1.54, 1.807) is 13.4 Å². The molecule has 0 spiro atoms. The molecule has 94 valence electrons. The molecular weight excluding hydrogens is 196 g/mol. The van der Waals surface area contributed by atoms with Crippen LogP contribution in [0.3, 0.4) is 0 Å². The highest BCUT2D eigenvalue weighted by atomic mass is 14.9. The molecule has 0 aromatic carbocycles. The third-order valence-electron chi connectivity index (χ3n) is 3.34. The van der Waals surface area contributed by atoms with Gasteiger partial charge in [-0.3, -0.25) is 4.99 Å². The molecular formula is C14H28N2. The molecule has 0 bridgehead atoms. The Balaban J connectivity index is 4.61. The van der Waals surface area contributed by atoms with Crippen LogP contribution in [0.15, 0.2) is 16.8 Å². The topological polar surface area (TPSA) is 24.4 Å². The first-order chi connectivity index (χ1) is 7.35. The van der Waals surface area contributed by atoms with Gasteiger partial charge in [-0.25, -0.2) is 0 Å². The molecule has 0 radical (unpaired) electrons. The molecule has 0 aromatic rings. The monoisotopic (exact) mass is 224 g/mol. The number of allylic oxidation sites excluding steroid dienone is 2. The second-order valence-electron chi connectivity index (χ2n) is 5.54. The van der Waals surface area contributed by atoms with Crippen molar-refractivity contribution in [3.8, 4) is 0 Å². The van der Waals surface area contributed by atoms with Crippen molar-refractivity contribution in [2.24, 2.45) is 22.2 Å². The molecule has 0 rings (SSSR count). The average molecular weight is 224 g/mol. The summed E-state index contributed by atoms with van der Waals surface area (Å²) in [6.07, 6.45) is 5.10. The lowest BCUT2D eigenvalue weighted by Crippen LogP contribution is -2.28. The van der Waals surface area contributed by atoms with Crippen LogP contribution in [0.4, 0.5) is 0 Å². The summed E-state index contributed by atoms with van der Waals surface area (Å²) in [5.74, 6) is 1.46. The lowest BCUT2D eigenvalue weighted by Gasteiger charge is -2.32. The predicted molar refractivity (Wildman–Crippen MR) is 73.7 cm³/mol. The Bertz CT molecular complexity index is 249. The van der Waals surface area contributed by atoms with E-state index < -0.39 is 0 Å². The molecule has 0 amide bonds.